The van der Waals surface area contributed by atoms with Gasteiger partial charge in [-0.1, -0.05) is 13.5 Å². The van der Waals surface area contributed by atoms with Crippen LogP contribution in [-0.2, 0) is 0 Å². The lowest BCUT2D eigenvalue weighted by atomic mass is 10.2. The summed E-state index contributed by atoms with van der Waals surface area (Å²) < 4.78 is 5.52. The van der Waals surface area contributed by atoms with Crippen molar-refractivity contribution >= 4 is 11.6 Å². The molecule has 1 aromatic heterocycles. The molecule has 0 aliphatic heterocycles. The van der Waals surface area contributed by atoms with Gasteiger partial charge in [0.05, 0.1) is 17.9 Å². The van der Waals surface area contributed by atoms with E-state index in [2.05, 4.69) is 29.3 Å². The van der Waals surface area contributed by atoms with Gasteiger partial charge in [0.2, 0.25) is 0 Å². The van der Waals surface area contributed by atoms with Gasteiger partial charge >= 0.3 is 0 Å². The molecule has 0 unspecified atom stereocenters. The van der Waals surface area contributed by atoms with Gasteiger partial charge in [0, 0.05) is 12.4 Å². The van der Waals surface area contributed by atoms with Crippen LogP contribution in [0.2, 0.25) is 0 Å². The zero-order chi connectivity index (χ0) is 15.8. The van der Waals surface area contributed by atoms with Crippen LogP contribution >= 0.6 is 0 Å². The molecule has 0 bridgehead atoms. The standard InChI is InChI=1S/C17H19N3O2/c1-3-11-22-16-8-6-14(7-9-16)13(2)19-20-17(21)15-5-4-10-18-12-15/h4-10,12,19H,2-3,11H2,1H3,(H,20,21). The van der Waals surface area contributed by atoms with E-state index in [0.29, 0.717) is 17.9 Å². The molecule has 1 heterocycles. The van der Waals surface area contributed by atoms with Gasteiger partial charge in [-0.2, -0.15) is 0 Å². The lowest BCUT2D eigenvalue weighted by Crippen LogP contribution is -2.35. The third kappa shape index (κ3) is 4.34. The van der Waals surface area contributed by atoms with Crippen LogP contribution in [0.3, 0.4) is 0 Å². The number of nitrogens with one attached hydrogen (secondary N) is 2. The Morgan fingerprint density at radius 1 is 1.18 bits per heavy atom. The number of aromatic nitrogens is 1. The molecule has 1 amide bonds. The average molecular weight is 297 g/mol. The maximum absolute atomic E-state index is 11.9. The van der Waals surface area contributed by atoms with E-state index in [1.54, 1.807) is 18.3 Å². The van der Waals surface area contributed by atoms with E-state index in [9.17, 15) is 4.79 Å². The molecule has 0 radical (unpaired) electrons. The quantitative estimate of drug-likeness (QED) is 0.771. The molecule has 2 rings (SSSR count). The second-order valence-electron chi connectivity index (χ2n) is 4.67. The van der Waals surface area contributed by atoms with Crippen LogP contribution in [0, 0.1) is 0 Å². The second-order valence-corrected chi connectivity index (χ2v) is 4.67. The van der Waals surface area contributed by atoms with Crippen molar-refractivity contribution in [3.05, 3.63) is 66.5 Å². The van der Waals surface area contributed by atoms with E-state index >= 15 is 0 Å². The Hall–Kier alpha value is -2.82. The van der Waals surface area contributed by atoms with Gasteiger partial charge in [-0.3, -0.25) is 20.6 Å². The summed E-state index contributed by atoms with van der Waals surface area (Å²) >= 11 is 0. The first-order chi connectivity index (χ1) is 10.7. The van der Waals surface area contributed by atoms with Crippen LogP contribution in [0.5, 0.6) is 5.75 Å². The summed E-state index contributed by atoms with van der Waals surface area (Å²) in [5.41, 5.74) is 7.33. The largest absolute Gasteiger partial charge is 0.494 e. The minimum atomic E-state index is -0.267. The minimum Gasteiger partial charge on any atom is -0.494 e. The van der Waals surface area contributed by atoms with Crippen molar-refractivity contribution in [3.8, 4) is 5.75 Å². The highest BCUT2D eigenvalue weighted by Crippen LogP contribution is 2.16. The number of benzene rings is 1. The number of ether oxygens (including phenoxy) is 1. The van der Waals surface area contributed by atoms with Gasteiger partial charge in [-0.05, 0) is 48.4 Å². The van der Waals surface area contributed by atoms with Crippen LogP contribution in [0.25, 0.3) is 5.70 Å². The minimum absolute atomic E-state index is 0.267. The molecule has 0 aliphatic carbocycles. The van der Waals surface area contributed by atoms with E-state index in [4.69, 9.17) is 4.74 Å². The zero-order valence-corrected chi connectivity index (χ0v) is 12.5. The highest BCUT2D eigenvalue weighted by molar-refractivity contribution is 5.94. The fourth-order valence-corrected chi connectivity index (χ4v) is 1.75. The number of pyridine rings is 1. The van der Waals surface area contributed by atoms with Crippen molar-refractivity contribution in [2.45, 2.75) is 13.3 Å². The molecule has 0 spiro atoms. The lowest BCUT2D eigenvalue weighted by Gasteiger charge is -2.12. The molecule has 0 saturated carbocycles. The highest BCUT2D eigenvalue weighted by atomic mass is 16.5. The highest BCUT2D eigenvalue weighted by Gasteiger charge is 2.05. The van der Waals surface area contributed by atoms with E-state index in [-0.39, 0.29) is 5.91 Å². The molecule has 0 aliphatic rings. The van der Waals surface area contributed by atoms with E-state index in [0.717, 1.165) is 17.7 Å². The summed E-state index contributed by atoms with van der Waals surface area (Å²) in [6.07, 6.45) is 4.08. The van der Waals surface area contributed by atoms with Gasteiger partial charge in [0.25, 0.3) is 5.91 Å². The summed E-state index contributed by atoms with van der Waals surface area (Å²) in [6, 6.07) is 10.9. The first-order valence-corrected chi connectivity index (χ1v) is 7.09. The molecule has 5 nitrogen and oxygen atoms in total. The van der Waals surface area contributed by atoms with E-state index < -0.39 is 0 Å². The summed E-state index contributed by atoms with van der Waals surface area (Å²) in [4.78, 5) is 15.8. The number of carbonyl (C=O) groups excluding carboxylic acids is 1. The predicted molar refractivity (Wildman–Crippen MR) is 86.1 cm³/mol. The van der Waals surface area contributed by atoms with Crippen LogP contribution < -0.4 is 15.6 Å². The molecule has 0 saturated heterocycles. The van der Waals surface area contributed by atoms with Crippen LogP contribution in [0.15, 0.2) is 55.4 Å². The van der Waals surface area contributed by atoms with Crippen LogP contribution in [0.4, 0.5) is 0 Å². The smallest absolute Gasteiger partial charge is 0.271 e. The second kappa shape index (κ2) is 7.83. The average Bonchev–Trinajstić information content (AvgIpc) is 2.58. The van der Waals surface area contributed by atoms with Gasteiger partial charge in [-0.25, -0.2) is 0 Å². The lowest BCUT2D eigenvalue weighted by molar-refractivity contribution is 0.0942. The van der Waals surface area contributed by atoms with Gasteiger partial charge in [-0.15, -0.1) is 0 Å². The van der Waals surface area contributed by atoms with Gasteiger partial charge in [0.15, 0.2) is 0 Å². The van der Waals surface area contributed by atoms with Crippen LogP contribution in [-0.4, -0.2) is 17.5 Å². The molecule has 114 valence electrons. The third-order valence-corrected chi connectivity index (χ3v) is 2.93. The Morgan fingerprint density at radius 3 is 2.59 bits per heavy atom. The van der Waals surface area contributed by atoms with Crippen molar-refractivity contribution < 1.29 is 9.53 Å². The number of hydrogen-bond donors (Lipinski definition) is 2. The first kappa shape index (κ1) is 15.6. The predicted octanol–water partition coefficient (Wildman–Crippen LogP) is 2.78. The Bertz CT molecular complexity index is 624. The first-order valence-electron chi connectivity index (χ1n) is 7.09. The number of amides is 1. The van der Waals surface area contributed by atoms with Gasteiger partial charge in [0.1, 0.15) is 5.75 Å². The Kier molecular flexibility index (Phi) is 5.54. The van der Waals surface area contributed by atoms with E-state index in [1.807, 2.05) is 24.3 Å². The molecule has 2 N–H and O–H groups in total. The monoisotopic (exact) mass is 297 g/mol. The van der Waals surface area contributed by atoms with Crippen molar-refractivity contribution in [2.24, 2.45) is 0 Å². The normalized spacial score (nSPS) is 9.86. The third-order valence-electron chi connectivity index (χ3n) is 2.93. The fraction of sp³-hybridized carbons (Fsp3) is 0.176. The molecule has 5 heteroatoms. The molecular weight excluding hydrogens is 278 g/mol. The molecule has 0 fully saturated rings. The summed E-state index contributed by atoms with van der Waals surface area (Å²) in [6.45, 7) is 6.65. The summed E-state index contributed by atoms with van der Waals surface area (Å²) in [7, 11) is 0. The maximum Gasteiger partial charge on any atom is 0.271 e. The summed E-state index contributed by atoms with van der Waals surface area (Å²) in [5.74, 6) is 0.551. The Morgan fingerprint density at radius 2 is 1.95 bits per heavy atom. The van der Waals surface area contributed by atoms with Crippen molar-refractivity contribution in [1.29, 1.82) is 0 Å². The number of hydrazine groups is 1. The zero-order valence-electron chi connectivity index (χ0n) is 12.5. The molecule has 1 aromatic carbocycles. The summed E-state index contributed by atoms with van der Waals surface area (Å²) in [5, 5.41) is 0. The SMILES string of the molecule is C=C(NNC(=O)c1cccnc1)c1ccc(OCCC)cc1. The molecular formula is C17H19N3O2. The number of hydrogen-bond acceptors (Lipinski definition) is 4. The number of rotatable bonds is 7. The van der Waals surface area contributed by atoms with Gasteiger partial charge < -0.3 is 4.74 Å². The Balaban J connectivity index is 1.88. The number of carbonyl (C=O) groups is 1. The topological polar surface area (TPSA) is 63.2 Å². The van der Waals surface area contributed by atoms with Crippen molar-refractivity contribution in [3.63, 3.8) is 0 Å². The van der Waals surface area contributed by atoms with Crippen molar-refractivity contribution in [2.75, 3.05) is 6.61 Å². The fourth-order valence-electron chi connectivity index (χ4n) is 1.75. The molecule has 0 atom stereocenters. The molecule has 2 aromatic rings. The number of nitrogens with zero attached hydrogens (tertiary/aromatic N) is 1. The maximum atomic E-state index is 11.9. The molecule has 22 heavy (non-hydrogen) atoms. The van der Waals surface area contributed by atoms with E-state index in [1.165, 1.54) is 6.20 Å². The Labute approximate surface area is 130 Å². The van der Waals surface area contributed by atoms with Crippen LogP contribution in [0.1, 0.15) is 29.3 Å². The van der Waals surface area contributed by atoms with Crippen molar-refractivity contribution in [1.82, 2.24) is 15.8 Å².